The number of thioether (sulfide) groups is 1. The number of carbonyl (C=O) groups is 1. The molecular weight excluding hydrogens is 354 g/mol. The zero-order valence-corrected chi connectivity index (χ0v) is 15.9. The summed E-state index contributed by atoms with van der Waals surface area (Å²) in [6.45, 7) is 3.90. The molecule has 1 amide bonds. The van der Waals surface area contributed by atoms with Crippen LogP contribution in [0.25, 0.3) is 0 Å². The Hall–Kier alpha value is -1.49. The van der Waals surface area contributed by atoms with Crippen LogP contribution in [0, 0.1) is 6.92 Å². The van der Waals surface area contributed by atoms with Crippen molar-refractivity contribution in [2.24, 2.45) is 0 Å². The number of amides is 1. The summed E-state index contributed by atoms with van der Waals surface area (Å²) >= 11 is 7.48. The van der Waals surface area contributed by atoms with Gasteiger partial charge in [-0.2, -0.15) is 0 Å². The van der Waals surface area contributed by atoms with Crippen LogP contribution in [0.4, 0.5) is 5.69 Å². The minimum atomic E-state index is -0.641. The largest absolute Gasteiger partial charge is 0.389 e. The zero-order chi connectivity index (χ0) is 18.0. The molecule has 5 heteroatoms. The van der Waals surface area contributed by atoms with Crippen LogP contribution < -0.4 is 4.90 Å². The summed E-state index contributed by atoms with van der Waals surface area (Å²) < 4.78 is 0. The third-order valence-corrected chi connectivity index (χ3v) is 6.35. The smallest absolute Gasteiger partial charge is 0.258 e. The van der Waals surface area contributed by atoms with E-state index in [0.717, 1.165) is 22.6 Å². The predicted octanol–water partition coefficient (Wildman–Crippen LogP) is 4.42. The highest BCUT2D eigenvalue weighted by molar-refractivity contribution is 7.99. The number of aliphatic hydroxyl groups is 1. The molecule has 1 aliphatic rings. The Bertz CT molecular complexity index is 750. The number of aryl methyl sites for hydroxylation is 1. The molecule has 25 heavy (non-hydrogen) atoms. The lowest BCUT2D eigenvalue weighted by Gasteiger charge is -2.42. The van der Waals surface area contributed by atoms with Gasteiger partial charge in [-0.15, -0.1) is 23.4 Å². The molecule has 2 aromatic carbocycles. The normalized spacial score (nSPS) is 22.6. The Balaban J connectivity index is 2.01. The molecule has 0 spiro atoms. The lowest BCUT2D eigenvalue weighted by molar-refractivity contribution is 0.0902. The Morgan fingerprint density at radius 1 is 1.20 bits per heavy atom. The van der Waals surface area contributed by atoms with E-state index in [1.54, 1.807) is 16.7 Å². The summed E-state index contributed by atoms with van der Waals surface area (Å²) in [5, 5.41) is 10.8. The molecule has 0 fully saturated rings. The molecule has 0 saturated heterocycles. The standard InChI is InChI=1S/C20H22ClNO2S/c1-13-7-9-15(10-8-13)20(24)22-14(2)18(23)19(25-12-11-21)16-5-3-4-6-17(16)22/h3-10,14,18-19,23H,11-12H2,1-2H3/t14-,18-,19-/m0/s1. The predicted molar refractivity (Wildman–Crippen MR) is 106 cm³/mol. The molecular formula is C20H22ClNO2S. The van der Waals surface area contributed by atoms with Crippen molar-refractivity contribution < 1.29 is 9.90 Å². The maximum atomic E-state index is 13.1. The summed E-state index contributed by atoms with van der Waals surface area (Å²) in [6.07, 6.45) is -0.641. The highest BCUT2D eigenvalue weighted by Gasteiger charge is 2.40. The number of fused-ring (bicyclic) bond motifs is 1. The Morgan fingerprint density at radius 2 is 1.88 bits per heavy atom. The van der Waals surface area contributed by atoms with Gasteiger partial charge in [0.05, 0.1) is 17.4 Å². The van der Waals surface area contributed by atoms with Crippen molar-refractivity contribution in [3.05, 3.63) is 65.2 Å². The fraction of sp³-hybridized carbons (Fsp3) is 0.350. The van der Waals surface area contributed by atoms with Gasteiger partial charge in [0.2, 0.25) is 0 Å². The maximum absolute atomic E-state index is 13.1. The first-order valence-corrected chi connectivity index (χ1v) is 9.97. The van der Waals surface area contributed by atoms with Gasteiger partial charge < -0.3 is 10.0 Å². The zero-order valence-electron chi connectivity index (χ0n) is 14.4. The lowest BCUT2D eigenvalue weighted by Crippen LogP contribution is -2.51. The van der Waals surface area contributed by atoms with Crippen LogP contribution in [-0.2, 0) is 0 Å². The summed E-state index contributed by atoms with van der Waals surface area (Å²) in [5.41, 5.74) is 3.61. The molecule has 2 aromatic rings. The van der Waals surface area contributed by atoms with Gasteiger partial charge in [0.15, 0.2) is 0 Å². The molecule has 1 aliphatic heterocycles. The number of para-hydroxylation sites is 1. The number of aliphatic hydroxyl groups excluding tert-OH is 1. The van der Waals surface area contributed by atoms with E-state index in [-0.39, 0.29) is 17.2 Å². The molecule has 0 aliphatic carbocycles. The van der Waals surface area contributed by atoms with Crippen molar-refractivity contribution in [2.45, 2.75) is 31.2 Å². The van der Waals surface area contributed by atoms with Crippen LogP contribution in [0.5, 0.6) is 0 Å². The average molecular weight is 376 g/mol. The monoisotopic (exact) mass is 375 g/mol. The van der Waals surface area contributed by atoms with Crippen molar-refractivity contribution >= 4 is 35.0 Å². The highest BCUT2D eigenvalue weighted by atomic mass is 35.5. The molecule has 3 nitrogen and oxygen atoms in total. The fourth-order valence-corrected chi connectivity index (χ4v) is 4.66. The van der Waals surface area contributed by atoms with Crippen molar-refractivity contribution in [2.75, 3.05) is 16.5 Å². The quantitative estimate of drug-likeness (QED) is 0.804. The van der Waals surface area contributed by atoms with Crippen LogP contribution in [0.15, 0.2) is 48.5 Å². The van der Waals surface area contributed by atoms with E-state index in [1.807, 2.05) is 62.4 Å². The SMILES string of the molecule is Cc1ccc(C(=O)N2c3ccccc3[C@H](SCCCl)[C@@H](O)[C@@H]2C)cc1. The fourth-order valence-electron chi connectivity index (χ4n) is 3.25. The minimum Gasteiger partial charge on any atom is -0.389 e. The lowest BCUT2D eigenvalue weighted by atomic mass is 9.92. The van der Waals surface area contributed by atoms with Gasteiger partial charge in [-0.05, 0) is 37.6 Å². The van der Waals surface area contributed by atoms with Crippen molar-refractivity contribution in [1.29, 1.82) is 0 Å². The van der Waals surface area contributed by atoms with Gasteiger partial charge in [-0.25, -0.2) is 0 Å². The molecule has 0 bridgehead atoms. The van der Waals surface area contributed by atoms with E-state index in [1.165, 1.54) is 0 Å². The van der Waals surface area contributed by atoms with Crippen molar-refractivity contribution in [1.82, 2.24) is 0 Å². The Kier molecular flexibility index (Phi) is 5.72. The van der Waals surface area contributed by atoms with Crippen LogP contribution in [0.2, 0.25) is 0 Å². The molecule has 1 N–H and O–H groups in total. The molecule has 0 radical (unpaired) electrons. The van der Waals surface area contributed by atoms with Gasteiger partial charge in [-0.1, -0.05) is 35.9 Å². The third-order valence-electron chi connectivity index (χ3n) is 4.61. The van der Waals surface area contributed by atoms with E-state index >= 15 is 0 Å². The Labute approximate surface area is 158 Å². The van der Waals surface area contributed by atoms with Gasteiger partial charge in [0.25, 0.3) is 5.91 Å². The van der Waals surface area contributed by atoms with E-state index < -0.39 is 6.10 Å². The number of carbonyl (C=O) groups excluding carboxylic acids is 1. The molecule has 3 rings (SSSR count). The van der Waals surface area contributed by atoms with Crippen LogP contribution in [0.3, 0.4) is 0 Å². The van der Waals surface area contributed by atoms with E-state index in [0.29, 0.717) is 11.4 Å². The van der Waals surface area contributed by atoms with Crippen LogP contribution >= 0.6 is 23.4 Å². The average Bonchev–Trinajstić information content (AvgIpc) is 2.62. The molecule has 1 heterocycles. The van der Waals surface area contributed by atoms with E-state index in [4.69, 9.17) is 11.6 Å². The summed E-state index contributed by atoms with van der Waals surface area (Å²) in [6, 6.07) is 15.1. The molecule has 132 valence electrons. The molecule has 0 aromatic heterocycles. The maximum Gasteiger partial charge on any atom is 0.258 e. The first kappa shape index (κ1) is 18.3. The minimum absolute atomic E-state index is 0.0768. The number of nitrogens with zero attached hydrogens (tertiary/aromatic N) is 1. The van der Waals surface area contributed by atoms with Gasteiger partial charge >= 0.3 is 0 Å². The summed E-state index contributed by atoms with van der Waals surface area (Å²) in [5.74, 6) is 1.21. The summed E-state index contributed by atoms with van der Waals surface area (Å²) in [4.78, 5) is 14.9. The third kappa shape index (κ3) is 3.57. The van der Waals surface area contributed by atoms with Gasteiger partial charge in [0.1, 0.15) is 0 Å². The number of halogens is 1. The van der Waals surface area contributed by atoms with E-state index in [2.05, 4.69) is 0 Å². The van der Waals surface area contributed by atoms with Crippen LogP contribution in [-0.4, -0.2) is 34.8 Å². The first-order chi connectivity index (χ1) is 12.0. The highest BCUT2D eigenvalue weighted by Crippen LogP contribution is 2.45. The van der Waals surface area contributed by atoms with Gasteiger partial charge in [0, 0.05) is 22.9 Å². The number of anilines is 1. The van der Waals surface area contributed by atoms with Crippen molar-refractivity contribution in [3.8, 4) is 0 Å². The number of hydrogen-bond acceptors (Lipinski definition) is 3. The second-order valence-corrected chi connectivity index (χ2v) is 7.94. The molecule has 0 unspecified atom stereocenters. The second-order valence-electron chi connectivity index (χ2n) is 6.31. The number of alkyl halides is 1. The number of hydrogen-bond donors (Lipinski definition) is 1. The van der Waals surface area contributed by atoms with Crippen LogP contribution in [0.1, 0.15) is 33.7 Å². The second kappa shape index (κ2) is 7.81. The number of benzene rings is 2. The topological polar surface area (TPSA) is 40.5 Å². The molecule has 0 saturated carbocycles. The van der Waals surface area contributed by atoms with E-state index in [9.17, 15) is 9.90 Å². The van der Waals surface area contributed by atoms with Gasteiger partial charge in [-0.3, -0.25) is 4.79 Å². The Morgan fingerprint density at radius 3 is 2.56 bits per heavy atom. The van der Waals surface area contributed by atoms with Crippen molar-refractivity contribution in [3.63, 3.8) is 0 Å². The number of rotatable bonds is 4. The molecule has 3 atom stereocenters. The summed E-state index contributed by atoms with van der Waals surface area (Å²) in [7, 11) is 0. The first-order valence-electron chi connectivity index (χ1n) is 8.39.